The van der Waals surface area contributed by atoms with Crippen LogP contribution in [0, 0.1) is 0 Å². The van der Waals surface area contributed by atoms with Gasteiger partial charge in [-0.05, 0) is 13.8 Å². The highest BCUT2D eigenvalue weighted by molar-refractivity contribution is 4.95. The Labute approximate surface area is 183 Å². The van der Waals surface area contributed by atoms with Crippen LogP contribution in [0.1, 0.15) is 13.8 Å². The lowest BCUT2D eigenvalue weighted by molar-refractivity contribution is -0.376. The smallest absolute Gasteiger partial charge is 0.187 e. The number of ether oxygens (including phenoxy) is 5. The quantitative estimate of drug-likeness (QED) is 0.182. The first kappa shape index (κ1) is 26.1. The van der Waals surface area contributed by atoms with E-state index in [1.54, 1.807) is 0 Å². The van der Waals surface area contributed by atoms with Gasteiger partial charge in [-0.15, -0.1) is 0 Å². The summed E-state index contributed by atoms with van der Waals surface area (Å²) in [5, 5.41) is 90.9. The molecule has 3 aliphatic heterocycles. The highest BCUT2D eigenvalue weighted by Crippen LogP contribution is 2.32. The lowest BCUT2D eigenvalue weighted by Crippen LogP contribution is -2.66. The van der Waals surface area contributed by atoms with Gasteiger partial charge in [0.05, 0.1) is 18.8 Å². The summed E-state index contributed by atoms with van der Waals surface area (Å²) in [6.07, 6.45) is -22.6. The Balaban J connectivity index is 1.77. The van der Waals surface area contributed by atoms with Crippen molar-refractivity contribution in [1.82, 2.24) is 0 Å². The normalized spacial score (nSPS) is 55.0. The molecule has 0 aromatic carbocycles. The van der Waals surface area contributed by atoms with E-state index in [1.165, 1.54) is 13.8 Å². The molecule has 14 nitrogen and oxygen atoms in total. The molecule has 0 radical (unpaired) electrons. The standard InChI is InChI=1S/C18H32O14/c1-4-7(20)10(23)11(24)17(29-4)32-15-9(22)6(3-19)30-18(13(15)26)31-14-8(21)5(2)28-16(27)12(14)25/h4-27H,3H2,1-2H3/t4-,5-,6+,7-,8+,9-,10+,11+,12-,13+,14+,15-,16?,17-,18+/m0/s1. The Hall–Kier alpha value is -0.560. The van der Waals surface area contributed by atoms with E-state index in [-0.39, 0.29) is 0 Å². The van der Waals surface area contributed by atoms with Gasteiger partial charge in [0.15, 0.2) is 18.9 Å². The maximum Gasteiger partial charge on any atom is 0.187 e. The van der Waals surface area contributed by atoms with Gasteiger partial charge >= 0.3 is 0 Å². The zero-order chi connectivity index (χ0) is 23.9. The fourth-order valence-electron chi connectivity index (χ4n) is 3.94. The molecule has 0 amide bonds. The number of rotatable bonds is 5. The SMILES string of the molecule is C[C@@H]1O[C@@H](O[C@H]2[C@@H](O)[C@@H](CO)O[C@H](O[C@@H]3[C@H](O)[C@H](C)OC(O)[C@H]3O)[C@@H]2O)[C@H](O)[C@H](O)[C@H]1O. The molecule has 32 heavy (non-hydrogen) atoms. The molecule has 15 atom stereocenters. The van der Waals surface area contributed by atoms with E-state index >= 15 is 0 Å². The van der Waals surface area contributed by atoms with Gasteiger partial charge < -0.3 is 69.6 Å². The number of aliphatic hydroxyl groups is 9. The second kappa shape index (κ2) is 10.4. The molecular weight excluding hydrogens is 440 g/mol. The molecule has 0 bridgehead atoms. The fraction of sp³-hybridized carbons (Fsp3) is 1.00. The third-order valence-corrected chi connectivity index (χ3v) is 6.01. The van der Waals surface area contributed by atoms with Crippen molar-refractivity contribution in [1.29, 1.82) is 0 Å². The summed E-state index contributed by atoms with van der Waals surface area (Å²) < 4.78 is 26.6. The van der Waals surface area contributed by atoms with Gasteiger partial charge in [0, 0.05) is 0 Å². The van der Waals surface area contributed by atoms with Crippen LogP contribution < -0.4 is 0 Å². The lowest BCUT2D eigenvalue weighted by atomic mass is 9.96. The van der Waals surface area contributed by atoms with Crippen molar-refractivity contribution in [3.8, 4) is 0 Å². The average Bonchev–Trinajstić information content (AvgIpc) is 2.76. The Morgan fingerprint density at radius 2 is 1.09 bits per heavy atom. The van der Waals surface area contributed by atoms with E-state index in [0.29, 0.717) is 0 Å². The first-order valence-corrected chi connectivity index (χ1v) is 10.3. The second-order valence-electron chi connectivity index (χ2n) is 8.30. The molecule has 0 aromatic heterocycles. The summed E-state index contributed by atoms with van der Waals surface area (Å²) in [6, 6.07) is 0. The van der Waals surface area contributed by atoms with E-state index in [1.807, 2.05) is 0 Å². The molecule has 0 saturated carbocycles. The molecule has 0 aromatic rings. The monoisotopic (exact) mass is 472 g/mol. The maximum absolute atomic E-state index is 10.7. The number of aliphatic hydroxyl groups excluding tert-OH is 9. The summed E-state index contributed by atoms with van der Waals surface area (Å²) in [7, 11) is 0. The largest absolute Gasteiger partial charge is 0.394 e. The van der Waals surface area contributed by atoms with E-state index in [2.05, 4.69) is 0 Å². The van der Waals surface area contributed by atoms with Crippen molar-refractivity contribution < 1.29 is 69.6 Å². The predicted molar refractivity (Wildman–Crippen MR) is 98.4 cm³/mol. The van der Waals surface area contributed by atoms with Gasteiger partial charge in [-0.1, -0.05) is 0 Å². The van der Waals surface area contributed by atoms with Crippen LogP contribution in [0.3, 0.4) is 0 Å². The molecule has 3 saturated heterocycles. The van der Waals surface area contributed by atoms with Crippen molar-refractivity contribution in [3.05, 3.63) is 0 Å². The van der Waals surface area contributed by atoms with Crippen molar-refractivity contribution in [3.63, 3.8) is 0 Å². The zero-order valence-electron chi connectivity index (χ0n) is 17.4. The second-order valence-corrected chi connectivity index (χ2v) is 8.30. The van der Waals surface area contributed by atoms with Crippen molar-refractivity contribution in [2.75, 3.05) is 6.61 Å². The minimum Gasteiger partial charge on any atom is -0.394 e. The molecule has 14 heteroatoms. The van der Waals surface area contributed by atoms with Crippen molar-refractivity contribution in [2.24, 2.45) is 0 Å². The topological polar surface area (TPSA) is 228 Å². The number of hydrogen-bond donors (Lipinski definition) is 9. The predicted octanol–water partition coefficient (Wildman–Crippen LogP) is -5.52. The minimum absolute atomic E-state index is 0.739. The number of hydrogen-bond acceptors (Lipinski definition) is 14. The summed E-state index contributed by atoms with van der Waals surface area (Å²) in [5.41, 5.74) is 0. The Kier molecular flexibility index (Phi) is 8.44. The lowest BCUT2D eigenvalue weighted by Gasteiger charge is -2.47. The van der Waals surface area contributed by atoms with E-state index in [9.17, 15) is 46.0 Å². The van der Waals surface area contributed by atoms with Gasteiger partial charge in [0.25, 0.3) is 0 Å². The summed E-state index contributed by atoms with van der Waals surface area (Å²) in [4.78, 5) is 0. The van der Waals surface area contributed by atoms with Crippen molar-refractivity contribution >= 4 is 0 Å². The van der Waals surface area contributed by atoms with Gasteiger partial charge in [-0.25, -0.2) is 0 Å². The zero-order valence-corrected chi connectivity index (χ0v) is 17.4. The van der Waals surface area contributed by atoms with Crippen LogP contribution >= 0.6 is 0 Å². The van der Waals surface area contributed by atoms with E-state index in [0.717, 1.165) is 0 Å². The van der Waals surface area contributed by atoms with Gasteiger partial charge in [0.1, 0.15) is 61.0 Å². The van der Waals surface area contributed by atoms with Gasteiger partial charge in [-0.2, -0.15) is 0 Å². The molecule has 0 aliphatic carbocycles. The van der Waals surface area contributed by atoms with Crippen LogP contribution in [-0.4, -0.2) is 145 Å². The molecule has 188 valence electrons. The van der Waals surface area contributed by atoms with E-state index in [4.69, 9.17) is 23.7 Å². The average molecular weight is 472 g/mol. The summed E-state index contributed by atoms with van der Waals surface area (Å²) >= 11 is 0. The first-order valence-electron chi connectivity index (χ1n) is 10.3. The molecular formula is C18H32O14. The third kappa shape index (κ3) is 4.94. The highest BCUT2D eigenvalue weighted by Gasteiger charge is 2.52. The Morgan fingerprint density at radius 3 is 1.69 bits per heavy atom. The van der Waals surface area contributed by atoms with Crippen molar-refractivity contribution in [2.45, 2.75) is 106 Å². The summed E-state index contributed by atoms with van der Waals surface area (Å²) in [6.45, 7) is 2.09. The molecule has 3 fully saturated rings. The van der Waals surface area contributed by atoms with Crippen LogP contribution in [0.15, 0.2) is 0 Å². The van der Waals surface area contributed by atoms with E-state index < -0.39 is 98.7 Å². The molecule has 3 heterocycles. The molecule has 3 rings (SSSR count). The van der Waals surface area contributed by atoms with Crippen LogP contribution in [-0.2, 0) is 23.7 Å². The summed E-state index contributed by atoms with van der Waals surface area (Å²) in [5.74, 6) is 0. The van der Waals surface area contributed by atoms with Crippen LogP contribution in [0.5, 0.6) is 0 Å². The molecule has 3 aliphatic rings. The van der Waals surface area contributed by atoms with Gasteiger partial charge in [0.2, 0.25) is 0 Å². The van der Waals surface area contributed by atoms with Crippen LogP contribution in [0.25, 0.3) is 0 Å². The maximum atomic E-state index is 10.7. The van der Waals surface area contributed by atoms with Gasteiger partial charge in [-0.3, -0.25) is 0 Å². The Morgan fingerprint density at radius 1 is 0.562 bits per heavy atom. The Bertz CT molecular complexity index is 596. The molecule has 9 N–H and O–H groups in total. The van der Waals surface area contributed by atoms with Crippen LogP contribution in [0.2, 0.25) is 0 Å². The molecule has 0 spiro atoms. The first-order chi connectivity index (χ1) is 15.0. The minimum atomic E-state index is -1.79. The van der Waals surface area contributed by atoms with Crippen LogP contribution in [0.4, 0.5) is 0 Å². The third-order valence-electron chi connectivity index (χ3n) is 6.01. The molecule has 1 unspecified atom stereocenters. The highest BCUT2D eigenvalue weighted by atomic mass is 16.7. The fourth-order valence-corrected chi connectivity index (χ4v) is 3.94.